The number of aromatic nitrogens is 1. The van der Waals surface area contributed by atoms with E-state index < -0.39 is 10.0 Å². The maximum Gasteiger partial charge on any atom is 0.261 e. The molecule has 0 aliphatic heterocycles. The molecule has 1 aromatic heterocycles. The van der Waals surface area contributed by atoms with Gasteiger partial charge in [0, 0.05) is 11.3 Å². The van der Waals surface area contributed by atoms with Crippen LogP contribution in [-0.4, -0.2) is 31.5 Å². The molecule has 1 N–H and O–H groups in total. The largest absolute Gasteiger partial charge is 0.494 e. The minimum absolute atomic E-state index is 0.0540. The van der Waals surface area contributed by atoms with Gasteiger partial charge in [-0.2, -0.15) is 0 Å². The molecule has 6 nitrogen and oxygen atoms in total. The number of sulfonamides is 1. The molecule has 1 heterocycles. The number of nitrogens with zero attached hydrogens (tertiary/aromatic N) is 1. The van der Waals surface area contributed by atoms with Crippen molar-refractivity contribution in [3.05, 3.63) is 78.4 Å². The Morgan fingerprint density at radius 2 is 1.81 bits per heavy atom. The SMILES string of the molecule is CCOc1ccc2nc(SCC(=O)c3ccc(NS(=O)(=O)c4ccccc4)cc3)sc2c1. The number of benzene rings is 3. The molecule has 0 saturated carbocycles. The van der Waals surface area contributed by atoms with Crippen LogP contribution in [0.25, 0.3) is 10.2 Å². The molecule has 0 aliphatic carbocycles. The molecular weight excluding hydrogens is 464 g/mol. The molecule has 0 spiro atoms. The highest BCUT2D eigenvalue weighted by Gasteiger charge is 2.14. The van der Waals surface area contributed by atoms with Crippen molar-refractivity contribution in [3.63, 3.8) is 0 Å². The predicted molar refractivity (Wildman–Crippen MR) is 130 cm³/mol. The molecule has 4 rings (SSSR count). The van der Waals surface area contributed by atoms with Crippen molar-refractivity contribution in [3.8, 4) is 5.75 Å². The number of Topliss-reactive ketones (excluding diaryl/α,β-unsaturated/α-hetero) is 1. The Morgan fingerprint density at radius 1 is 1.06 bits per heavy atom. The Hall–Kier alpha value is -2.88. The second-order valence-corrected chi connectivity index (χ2v) is 10.7. The van der Waals surface area contributed by atoms with Crippen LogP contribution in [0.1, 0.15) is 17.3 Å². The molecule has 0 amide bonds. The number of anilines is 1. The Kier molecular flexibility index (Phi) is 6.78. The molecule has 0 bridgehead atoms. The summed E-state index contributed by atoms with van der Waals surface area (Å²) >= 11 is 2.91. The third-order valence-corrected chi connectivity index (χ3v) is 8.05. The molecule has 3 aromatic carbocycles. The zero-order valence-corrected chi connectivity index (χ0v) is 19.6. The van der Waals surface area contributed by atoms with Crippen molar-refractivity contribution in [1.82, 2.24) is 4.98 Å². The summed E-state index contributed by atoms with van der Waals surface area (Å²) in [5.74, 6) is 0.994. The van der Waals surface area contributed by atoms with Gasteiger partial charge in [0.15, 0.2) is 10.1 Å². The highest BCUT2D eigenvalue weighted by molar-refractivity contribution is 8.01. The van der Waals surface area contributed by atoms with Crippen LogP contribution >= 0.6 is 23.1 Å². The first-order valence-corrected chi connectivity index (χ1v) is 13.1. The molecule has 4 aromatic rings. The molecule has 9 heteroatoms. The zero-order valence-electron chi connectivity index (χ0n) is 17.1. The molecule has 164 valence electrons. The van der Waals surface area contributed by atoms with E-state index in [9.17, 15) is 13.2 Å². The van der Waals surface area contributed by atoms with E-state index in [0.29, 0.717) is 17.9 Å². The van der Waals surface area contributed by atoms with Crippen molar-refractivity contribution < 1.29 is 17.9 Å². The number of ketones is 1. The highest BCUT2D eigenvalue weighted by atomic mass is 32.2. The third-order valence-electron chi connectivity index (χ3n) is 4.49. The van der Waals surface area contributed by atoms with E-state index in [1.54, 1.807) is 42.5 Å². The van der Waals surface area contributed by atoms with Gasteiger partial charge in [-0.1, -0.05) is 30.0 Å². The Labute approximate surface area is 194 Å². The van der Waals surface area contributed by atoms with Crippen LogP contribution in [0.3, 0.4) is 0 Å². The molecular formula is C23H20N2O4S3. The van der Waals surface area contributed by atoms with Gasteiger partial charge in [-0.15, -0.1) is 11.3 Å². The van der Waals surface area contributed by atoms with Crippen LogP contribution in [0.2, 0.25) is 0 Å². The van der Waals surface area contributed by atoms with E-state index in [1.807, 2.05) is 25.1 Å². The fourth-order valence-corrected chi connectivity index (χ4v) is 6.02. The number of thiazole rings is 1. The number of fused-ring (bicyclic) bond motifs is 1. The van der Waals surface area contributed by atoms with Crippen LogP contribution in [0, 0.1) is 0 Å². The average molecular weight is 485 g/mol. The normalized spacial score (nSPS) is 11.4. The molecule has 0 atom stereocenters. The van der Waals surface area contributed by atoms with Crippen LogP contribution in [0.4, 0.5) is 5.69 Å². The number of carbonyl (C=O) groups excluding carboxylic acids is 1. The van der Waals surface area contributed by atoms with Gasteiger partial charge in [0.05, 0.1) is 27.5 Å². The summed E-state index contributed by atoms with van der Waals surface area (Å²) in [6, 6.07) is 20.3. The zero-order chi connectivity index (χ0) is 22.6. The number of ether oxygens (including phenoxy) is 1. The number of rotatable bonds is 9. The highest BCUT2D eigenvalue weighted by Crippen LogP contribution is 2.32. The monoisotopic (exact) mass is 484 g/mol. The van der Waals surface area contributed by atoms with Crippen LogP contribution in [0.15, 0.2) is 82.0 Å². The molecule has 0 unspecified atom stereocenters. The minimum atomic E-state index is -3.67. The first-order chi connectivity index (χ1) is 15.4. The standard InChI is InChI=1S/C23H20N2O4S3/c1-2-29-18-12-13-20-22(14-18)31-23(24-20)30-15-21(26)16-8-10-17(11-9-16)25-32(27,28)19-6-4-3-5-7-19/h3-14,25H,2,15H2,1H3. The van der Waals surface area contributed by atoms with Gasteiger partial charge in [0.2, 0.25) is 0 Å². The van der Waals surface area contributed by atoms with Gasteiger partial charge in [-0.25, -0.2) is 13.4 Å². The fourth-order valence-electron chi connectivity index (χ4n) is 2.95. The Morgan fingerprint density at radius 3 is 2.53 bits per heavy atom. The first kappa shape index (κ1) is 22.3. The third kappa shape index (κ3) is 5.29. The fraction of sp³-hybridized carbons (Fsp3) is 0.130. The van der Waals surface area contributed by atoms with E-state index in [1.165, 1.54) is 35.2 Å². The van der Waals surface area contributed by atoms with Crippen LogP contribution in [0.5, 0.6) is 5.75 Å². The molecule has 0 saturated heterocycles. The second kappa shape index (κ2) is 9.72. The summed E-state index contributed by atoms with van der Waals surface area (Å²) in [6.07, 6.45) is 0. The van der Waals surface area contributed by atoms with E-state index in [2.05, 4.69) is 9.71 Å². The van der Waals surface area contributed by atoms with Gasteiger partial charge < -0.3 is 4.74 Å². The molecule has 0 radical (unpaired) electrons. The molecule has 0 aliphatic rings. The number of hydrogen-bond donors (Lipinski definition) is 1. The van der Waals surface area contributed by atoms with Gasteiger partial charge in [-0.3, -0.25) is 9.52 Å². The lowest BCUT2D eigenvalue weighted by Gasteiger charge is -2.08. The van der Waals surface area contributed by atoms with Gasteiger partial charge in [-0.05, 0) is 61.5 Å². The van der Waals surface area contributed by atoms with Crippen LogP contribution < -0.4 is 9.46 Å². The second-order valence-electron chi connectivity index (χ2n) is 6.75. The predicted octanol–water partition coefficient (Wildman–Crippen LogP) is 5.47. The summed E-state index contributed by atoms with van der Waals surface area (Å²) in [7, 11) is -3.67. The van der Waals surface area contributed by atoms with E-state index in [-0.39, 0.29) is 16.4 Å². The maximum atomic E-state index is 12.6. The van der Waals surface area contributed by atoms with Crippen molar-refractivity contribution in [2.24, 2.45) is 0 Å². The van der Waals surface area contributed by atoms with E-state index in [0.717, 1.165) is 20.3 Å². The van der Waals surface area contributed by atoms with Crippen LogP contribution in [-0.2, 0) is 10.0 Å². The summed E-state index contributed by atoms with van der Waals surface area (Å²) in [6.45, 7) is 2.54. The lowest BCUT2D eigenvalue weighted by Crippen LogP contribution is -2.13. The van der Waals surface area contributed by atoms with E-state index in [4.69, 9.17) is 4.74 Å². The molecule has 0 fully saturated rings. The summed E-state index contributed by atoms with van der Waals surface area (Å²) in [5, 5.41) is 0. The van der Waals surface area contributed by atoms with E-state index >= 15 is 0 Å². The maximum absolute atomic E-state index is 12.6. The molecule has 32 heavy (non-hydrogen) atoms. The first-order valence-electron chi connectivity index (χ1n) is 9.82. The summed E-state index contributed by atoms with van der Waals surface area (Å²) < 4.78 is 34.7. The lowest BCUT2D eigenvalue weighted by molar-refractivity contribution is 0.102. The van der Waals surface area contributed by atoms with Crippen molar-refractivity contribution in [2.45, 2.75) is 16.2 Å². The summed E-state index contributed by atoms with van der Waals surface area (Å²) in [4.78, 5) is 17.3. The number of nitrogens with one attached hydrogen (secondary N) is 1. The Bertz CT molecular complexity index is 1330. The Balaban J connectivity index is 1.38. The van der Waals surface area contributed by atoms with Gasteiger partial charge >= 0.3 is 0 Å². The van der Waals surface area contributed by atoms with Crippen molar-refractivity contribution in [1.29, 1.82) is 0 Å². The number of carbonyl (C=O) groups is 1. The van der Waals surface area contributed by atoms with Crippen molar-refractivity contribution in [2.75, 3.05) is 17.1 Å². The summed E-state index contributed by atoms with van der Waals surface area (Å²) in [5.41, 5.74) is 1.79. The van der Waals surface area contributed by atoms with Crippen molar-refractivity contribution >= 4 is 54.8 Å². The number of hydrogen-bond acceptors (Lipinski definition) is 7. The quantitative estimate of drug-likeness (QED) is 0.250. The number of thioether (sulfide) groups is 1. The van der Waals surface area contributed by atoms with Gasteiger partial charge in [0.1, 0.15) is 5.75 Å². The topological polar surface area (TPSA) is 85.4 Å². The lowest BCUT2D eigenvalue weighted by atomic mass is 10.1. The average Bonchev–Trinajstić information content (AvgIpc) is 3.21. The smallest absolute Gasteiger partial charge is 0.261 e. The minimum Gasteiger partial charge on any atom is -0.494 e. The van der Waals surface area contributed by atoms with Gasteiger partial charge in [0.25, 0.3) is 10.0 Å².